The van der Waals surface area contributed by atoms with Crippen LogP contribution in [0.5, 0.6) is 0 Å². The predicted octanol–water partition coefficient (Wildman–Crippen LogP) is 8.10. The quantitative estimate of drug-likeness (QED) is 0.185. The van der Waals surface area contributed by atoms with Gasteiger partial charge in [0.05, 0.1) is 13.3 Å². The number of nitrogens with zero attached hydrogens (tertiary/aromatic N) is 5. The van der Waals surface area contributed by atoms with Crippen LogP contribution in [0.3, 0.4) is 0 Å². The molecule has 4 aliphatic heterocycles. The van der Waals surface area contributed by atoms with Crippen molar-refractivity contribution < 1.29 is 0 Å². The van der Waals surface area contributed by atoms with Crippen molar-refractivity contribution in [1.29, 1.82) is 0 Å². The van der Waals surface area contributed by atoms with E-state index in [2.05, 4.69) is 195 Å². The van der Waals surface area contributed by atoms with Gasteiger partial charge in [-0.15, -0.1) is 0 Å². The Bertz CT molecular complexity index is 2090. The van der Waals surface area contributed by atoms with Crippen LogP contribution in [-0.4, -0.2) is 20.2 Å². The standard InChI is InChI=1S/C42H32BN5/c1-3-11-31(12-4-1)44-23-25-46(29-44)33-19-21-35-37-15-7-9-17-41(37)48-42-18-10-8-16-38(42)36-22-20-34(28-40(36)43(48)39(35)27-33)47-26-24-45(30-47)32-13-5-2-6-14-32/h1-28H,29-30H2. The number of hydrogen-bond acceptors (Lipinski definition) is 5. The summed E-state index contributed by atoms with van der Waals surface area (Å²) >= 11 is 0. The zero-order valence-corrected chi connectivity index (χ0v) is 26.4. The molecule has 6 aromatic rings. The van der Waals surface area contributed by atoms with Gasteiger partial charge < -0.3 is 24.4 Å². The minimum Gasteiger partial charge on any atom is -0.376 e. The molecule has 4 heterocycles. The molecule has 228 valence electrons. The first kappa shape index (κ1) is 27.0. The molecule has 4 aliphatic rings. The van der Waals surface area contributed by atoms with Crippen molar-refractivity contribution in [2.24, 2.45) is 0 Å². The van der Waals surface area contributed by atoms with Gasteiger partial charge in [0.2, 0.25) is 0 Å². The molecule has 0 spiro atoms. The van der Waals surface area contributed by atoms with Gasteiger partial charge in [0.1, 0.15) is 0 Å². The summed E-state index contributed by atoms with van der Waals surface area (Å²) in [6.07, 6.45) is 8.75. The fourth-order valence-electron chi connectivity index (χ4n) is 7.83. The van der Waals surface area contributed by atoms with Gasteiger partial charge in [0.15, 0.2) is 0 Å². The Kier molecular flexibility index (Phi) is 6.03. The van der Waals surface area contributed by atoms with E-state index in [0.29, 0.717) is 0 Å². The molecule has 0 unspecified atom stereocenters. The van der Waals surface area contributed by atoms with Crippen LogP contribution in [0.4, 0.5) is 34.1 Å². The topological polar surface area (TPSA) is 16.2 Å². The first-order chi connectivity index (χ1) is 23.8. The van der Waals surface area contributed by atoms with Crippen molar-refractivity contribution in [2.45, 2.75) is 0 Å². The van der Waals surface area contributed by atoms with Crippen molar-refractivity contribution in [3.05, 3.63) is 170 Å². The normalized spacial score (nSPS) is 15.3. The van der Waals surface area contributed by atoms with Crippen molar-refractivity contribution in [2.75, 3.05) is 37.7 Å². The summed E-state index contributed by atoms with van der Waals surface area (Å²) in [6.45, 7) is 1.57. The highest BCUT2D eigenvalue weighted by Crippen LogP contribution is 2.46. The van der Waals surface area contributed by atoms with Crippen molar-refractivity contribution in [1.82, 2.24) is 0 Å². The third-order valence-corrected chi connectivity index (χ3v) is 10.1. The highest BCUT2D eigenvalue weighted by Gasteiger charge is 2.42. The van der Waals surface area contributed by atoms with Gasteiger partial charge in [-0.2, -0.15) is 0 Å². The molecule has 0 bridgehead atoms. The molecule has 0 saturated heterocycles. The molecule has 0 radical (unpaired) electrons. The summed E-state index contributed by atoms with van der Waals surface area (Å²) in [5.74, 6) is 0. The highest BCUT2D eigenvalue weighted by atomic mass is 15.3. The smallest absolute Gasteiger partial charge is 0.329 e. The lowest BCUT2D eigenvalue weighted by Gasteiger charge is -2.43. The fourth-order valence-corrected chi connectivity index (χ4v) is 7.83. The Balaban J connectivity index is 1.10. The molecule has 0 saturated carbocycles. The largest absolute Gasteiger partial charge is 0.376 e. The van der Waals surface area contributed by atoms with Gasteiger partial charge >= 0.3 is 6.85 Å². The summed E-state index contributed by atoms with van der Waals surface area (Å²) < 4.78 is 0. The van der Waals surface area contributed by atoms with Crippen LogP contribution in [0, 0.1) is 0 Å². The molecule has 0 atom stereocenters. The van der Waals surface area contributed by atoms with Crippen LogP contribution in [0.15, 0.2) is 170 Å². The molecule has 5 nitrogen and oxygen atoms in total. The Morgan fingerprint density at radius 2 is 0.750 bits per heavy atom. The maximum Gasteiger partial charge on any atom is 0.329 e. The Hall–Kier alpha value is -6.14. The van der Waals surface area contributed by atoms with E-state index in [-0.39, 0.29) is 6.85 Å². The lowest BCUT2D eigenvalue weighted by molar-refractivity contribution is 0.976. The number of para-hydroxylation sites is 4. The molecule has 10 rings (SSSR count). The number of rotatable bonds is 4. The van der Waals surface area contributed by atoms with Crippen LogP contribution in [0.1, 0.15) is 0 Å². The van der Waals surface area contributed by atoms with E-state index in [1.165, 1.54) is 67.3 Å². The van der Waals surface area contributed by atoms with Gasteiger partial charge in [-0.3, -0.25) is 0 Å². The van der Waals surface area contributed by atoms with E-state index < -0.39 is 0 Å². The van der Waals surface area contributed by atoms with E-state index in [9.17, 15) is 0 Å². The zero-order chi connectivity index (χ0) is 31.6. The van der Waals surface area contributed by atoms with Gasteiger partial charge in [-0.1, -0.05) is 84.9 Å². The Morgan fingerprint density at radius 1 is 0.354 bits per heavy atom. The van der Waals surface area contributed by atoms with E-state index in [1.54, 1.807) is 0 Å². The van der Waals surface area contributed by atoms with Gasteiger partial charge in [0, 0.05) is 70.1 Å². The predicted molar refractivity (Wildman–Crippen MR) is 202 cm³/mol. The maximum absolute atomic E-state index is 2.58. The Morgan fingerprint density at radius 3 is 1.21 bits per heavy atom. The van der Waals surface area contributed by atoms with Gasteiger partial charge in [0.25, 0.3) is 0 Å². The second-order valence-corrected chi connectivity index (χ2v) is 12.8. The average molecular weight is 618 g/mol. The maximum atomic E-state index is 2.58. The second-order valence-electron chi connectivity index (χ2n) is 12.8. The summed E-state index contributed by atoms with van der Waals surface area (Å²) in [5, 5.41) is 0. The van der Waals surface area contributed by atoms with E-state index in [0.717, 1.165) is 13.3 Å². The SMILES string of the molecule is C1=CN(c2ccc3c(c2)B2c4cc(N5C=CN(c6ccccc6)C5)ccc4-c4ccccc4N2c2ccccc2-3)CN1c1ccccc1. The average Bonchev–Trinajstić information content (AvgIpc) is 3.87. The third kappa shape index (κ3) is 4.19. The molecule has 0 N–H and O–H groups in total. The van der Waals surface area contributed by atoms with Crippen molar-refractivity contribution in [3.63, 3.8) is 0 Å². The Labute approximate surface area is 281 Å². The van der Waals surface area contributed by atoms with Crippen molar-refractivity contribution in [3.8, 4) is 22.3 Å². The number of anilines is 6. The van der Waals surface area contributed by atoms with Crippen LogP contribution < -0.4 is 35.3 Å². The zero-order valence-electron chi connectivity index (χ0n) is 26.4. The second kappa shape index (κ2) is 10.7. The number of fused-ring (bicyclic) bond motifs is 11. The molecular formula is C42H32BN5. The van der Waals surface area contributed by atoms with Crippen LogP contribution in [-0.2, 0) is 0 Å². The summed E-state index contributed by atoms with van der Waals surface area (Å²) in [4.78, 5) is 11.9. The monoisotopic (exact) mass is 617 g/mol. The molecule has 6 heteroatoms. The molecule has 0 aromatic heterocycles. The minimum absolute atomic E-state index is 0.0216. The first-order valence-corrected chi connectivity index (χ1v) is 16.6. The summed E-state index contributed by atoms with van der Waals surface area (Å²) in [6, 6.07) is 53.1. The molecule has 48 heavy (non-hydrogen) atoms. The van der Waals surface area contributed by atoms with Gasteiger partial charge in [-0.25, -0.2) is 0 Å². The molecule has 6 aromatic carbocycles. The number of benzene rings is 6. The fraction of sp³-hybridized carbons (Fsp3) is 0.0476. The molecular weight excluding hydrogens is 585 g/mol. The lowest BCUT2D eigenvalue weighted by atomic mass is 9.43. The minimum atomic E-state index is 0.0216. The number of hydrogen-bond donors (Lipinski definition) is 0. The van der Waals surface area contributed by atoms with Crippen LogP contribution in [0.2, 0.25) is 0 Å². The van der Waals surface area contributed by atoms with E-state index in [4.69, 9.17) is 0 Å². The van der Waals surface area contributed by atoms with E-state index in [1.807, 2.05) is 0 Å². The van der Waals surface area contributed by atoms with Crippen LogP contribution in [0.25, 0.3) is 22.3 Å². The third-order valence-electron chi connectivity index (χ3n) is 10.1. The summed E-state index contributed by atoms with van der Waals surface area (Å²) in [7, 11) is 0. The lowest BCUT2D eigenvalue weighted by Crippen LogP contribution is -2.59. The first-order valence-electron chi connectivity index (χ1n) is 16.6. The van der Waals surface area contributed by atoms with E-state index >= 15 is 0 Å². The van der Waals surface area contributed by atoms with Crippen molar-refractivity contribution >= 4 is 51.9 Å². The molecule has 0 fully saturated rings. The highest BCUT2D eigenvalue weighted by molar-refractivity contribution is 6.92. The van der Waals surface area contributed by atoms with Gasteiger partial charge in [-0.05, 0) is 82.7 Å². The summed E-state index contributed by atoms with van der Waals surface area (Å²) in [5.41, 5.74) is 15.1. The molecule has 0 aliphatic carbocycles. The van der Waals surface area contributed by atoms with Crippen LogP contribution >= 0.6 is 0 Å². The molecule has 0 amide bonds.